The largest absolute Gasteiger partial charge is 0.389 e. The third kappa shape index (κ3) is 1.95. The molecule has 0 atom stereocenters. The first kappa shape index (κ1) is 11.5. The Morgan fingerprint density at radius 1 is 1.33 bits per heavy atom. The first-order valence-corrected chi connectivity index (χ1v) is 6.59. The van der Waals surface area contributed by atoms with Gasteiger partial charge in [-0.3, -0.25) is 4.98 Å². The summed E-state index contributed by atoms with van der Waals surface area (Å²) in [6.07, 6.45) is 1.94. The maximum Gasteiger partial charge on any atom is 0.0889 e. The third-order valence-electron chi connectivity index (χ3n) is 3.46. The number of aromatic nitrogens is 1. The summed E-state index contributed by atoms with van der Waals surface area (Å²) in [5.41, 5.74) is 3.42. The maximum absolute atomic E-state index is 9.47. The number of benzene rings is 1. The van der Waals surface area contributed by atoms with Crippen LogP contribution in [0.4, 0.5) is 5.69 Å². The van der Waals surface area contributed by atoms with Crippen LogP contribution in [0.3, 0.4) is 0 Å². The molecule has 0 radical (unpaired) electrons. The van der Waals surface area contributed by atoms with Gasteiger partial charge in [-0.25, -0.2) is 0 Å². The number of anilines is 1. The zero-order valence-corrected chi connectivity index (χ0v) is 10.6. The lowest BCUT2D eigenvalue weighted by molar-refractivity contribution is 0.142. The number of aliphatic hydroxyl groups excluding tert-OH is 1. The van der Waals surface area contributed by atoms with E-state index in [2.05, 4.69) is 30.0 Å². The highest BCUT2D eigenvalue weighted by Crippen LogP contribution is 2.30. The normalized spacial score (nSPS) is 16.0. The number of hydrogen-bond donors (Lipinski definition) is 1. The summed E-state index contributed by atoms with van der Waals surface area (Å²) in [4.78, 5) is 6.93. The van der Waals surface area contributed by atoms with Gasteiger partial charge < -0.3 is 10.0 Å². The fraction of sp³-hybridized carbons (Fsp3) is 0.400. The second kappa shape index (κ2) is 4.58. The van der Waals surface area contributed by atoms with E-state index in [0.717, 1.165) is 37.1 Å². The Bertz CT molecular complexity index is 561. The first-order chi connectivity index (χ1) is 8.78. The molecule has 3 rings (SSSR count). The number of aryl methyl sites for hydroxylation is 1. The first-order valence-electron chi connectivity index (χ1n) is 6.59. The molecule has 1 N–H and O–H groups in total. The number of β-amino-alcohol motifs (C(OH)–C–C–N with tert-alkyl or cyclic N) is 1. The Kier molecular flexibility index (Phi) is 2.92. The Labute approximate surface area is 107 Å². The van der Waals surface area contributed by atoms with Crippen molar-refractivity contribution in [3.05, 3.63) is 36.0 Å². The zero-order chi connectivity index (χ0) is 12.5. The van der Waals surface area contributed by atoms with E-state index in [-0.39, 0.29) is 6.10 Å². The van der Waals surface area contributed by atoms with E-state index < -0.39 is 0 Å². The van der Waals surface area contributed by atoms with Crippen molar-refractivity contribution in [1.82, 2.24) is 4.98 Å². The van der Waals surface area contributed by atoms with E-state index in [1.54, 1.807) is 0 Å². The van der Waals surface area contributed by atoms with Gasteiger partial charge in [-0.05, 0) is 18.6 Å². The second-order valence-corrected chi connectivity index (χ2v) is 4.96. The molecule has 0 spiro atoms. The van der Waals surface area contributed by atoms with E-state index in [0.29, 0.717) is 0 Å². The number of aliphatic hydroxyl groups is 1. The van der Waals surface area contributed by atoms with Crippen LogP contribution in [-0.4, -0.2) is 29.3 Å². The van der Waals surface area contributed by atoms with Crippen LogP contribution < -0.4 is 4.90 Å². The smallest absolute Gasteiger partial charge is 0.0889 e. The van der Waals surface area contributed by atoms with Gasteiger partial charge in [-0.15, -0.1) is 0 Å². The molecule has 3 heteroatoms. The lowest BCUT2D eigenvalue weighted by Crippen LogP contribution is -2.50. The number of fused-ring (bicyclic) bond motifs is 1. The van der Waals surface area contributed by atoms with Crippen LogP contribution in [0.25, 0.3) is 10.9 Å². The molecule has 3 nitrogen and oxygen atoms in total. The van der Waals surface area contributed by atoms with Gasteiger partial charge in [0.05, 0.1) is 11.6 Å². The van der Waals surface area contributed by atoms with Crippen LogP contribution in [0.1, 0.15) is 19.0 Å². The van der Waals surface area contributed by atoms with Gasteiger partial charge in [0.15, 0.2) is 0 Å². The van der Waals surface area contributed by atoms with Gasteiger partial charge in [0.1, 0.15) is 0 Å². The van der Waals surface area contributed by atoms with Gasteiger partial charge in [-0.2, -0.15) is 0 Å². The van der Waals surface area contributed by atoms with Gasteiger partial charge in [0.2, 0.25) is 0 Å². The maximum atomic E-state index is 9.47. The molecule has 1 aromatic heterocycles. The van der Waals surface area contributed by atoms with E-state index >= 15 is 0 Å². The third-order valence-corrected chi connectivity index (χ3v) is 3.46. The molecule has 1 fully saturated rings. The summed E-state index contributed by atoms with van der Waals surface area (Å²) >= 11 is 0. The summed E-state index contributed by atoms with van der Waals surface area (Å²) < 4.78 is 0. The molecule has 1 saturated heterocycles. The Balaban J connectivity index is 2.08. The second-order valence-electron chi connectivity index (χ2n) is 4.96. The minimum absolute atomic E-state index is 0.174. The summed E-state index contributed by atoms with van der Waals surface area (Å²) in [6.45, 7) is 3.64. The molecule has 2 aromatic rings. The van der Waals surface area contributed by atoms with E-state index in [1.165, 1.54) is 11.1 Å². The topological polar surface area (TPSA) is 36.4 Å². The van der Waals surface area contributed by atoms with Crippen molar-refractivity contribution in [2.75, 3.05) is 18.0 Å². The predicted octanol–water partition coefficient (Wildman–Crippen LogP) is 2.37. The number of para-hydroxylation sites is 1. The molecule has 0 amide bonds. The van der Waals surface area contributed by atoms with Crippen LogP contribution in [-0.2, 0) is 6.42 Å². The van der Waals surface area contributed by atoms with Crippen LogP contribution >= 0.6 is 0 Å². The SMILES string of the molecule is CCCc1cc(N2CC(O)C2)c2ccccc2n1. The zero-order valence-electron chi connectivity index (χ0n) is 10.6. The lowest BCUT2D eigenvalue weighted by atomic mass is 10.1. The van der Waals surface area contributed by atoms with Gasteiger partial charge in [0, 0.05) is 29.9 Å². The molecule has 0 bridgehead atoms. The van der Waals surface area contributed by atoms with Gasteiger partial charge in [0.25, 0.3) is 0 Å². The van der Waals surface area contributed by atoms with Gasteiger partial charge >= 0.3 is 0 Å². The van der Waals surface area contributed by atoms with Crippen LogP contribution in [0.2, 0.25) is 0 Å². The fourth-order valence-electron chi connectivity index (χ4n) is 2.51. The molecule has 1 aliphatic heterocycles. The molecule has 0 saturated carbocycles. The van der Waals surface area contributed by atoms with Crippen molar-refractivity contribution < 1.29 is 5.11 Å². The van der Waals surface area contributed by atoms with Crippen LogP contribution in [0.5, 0.6) is 0 Å². The summed E-state index contributed by atoms with van der Waals surface area (Å²) in [6, 6.07) is 10.4. The summed E-state index contributed by atoms with van der Waals surface area (Å²) in [5, 5.41) is 10.7. The molecule has 94 valence electrons. The minimum atomic E-state index is -0.174. The number of hydrogen-bond acceptors (Lipinski definition) is 3. The molecular formula is C15H18N2O. The van der Waals surface area contributed by atoms with Crippen molar-refractivity contribution in [2.24, 2.45) is 0 Å². The quantitative estimate of drug-likeness (QED) is 0.897. The average Bonchev–Trinajstić information content (AvgIpc) is 2.35. The highest BCUT2D eigenvalue weighted by molar-refractivity contribution is 5.92. The average molecular weight is 242 g/mol. The molecule has 1 aromatic carbocycles. The van der Waals surface area contributed by atoms with E-state index in [4.69, 9.17) is 4.98 Å². The molecular weight excluding hydrogens is 224 g/mol. The predicted molar refractivity (Wildman–Crippen MR) is 74.0 cm³/mol. The monoisotopic (exact) mass is 242 g/mol. The number of rotatable bonds is 3. The minimum Gasteiger partial charge on any atom is -0.389 e. The van der Waals surface area contributed by atoms with Crippen molar-refractivity contribution in [2.45, 2.75) is 25.9 Å². The van der Waals surface area contributed by atoms with Crippen molar-refractivity contribution in [3.8, 4) is 0 Å². The number of pyridine rings is 1. The molecule has 1 aliphatic rings. The summed E-state index contributed by atoms with van der Waals surface area (Å²) in [7, 11) is 0. The fourth-order valence-corrected chi connectivity index (χ4v) is 2.51. The summed E-state index contributed by atoms with van der Waals surface area (Å²) in [5.74, 6) is 0. The Morgan fingerprint density at radius 3 is 2.83 bits per heavy atom. The van der Waals surface area contributed by atoms with Crippen LogP contribution in [0, 0.1) is 0 Å². The Hall–Kier alpha value is -1.61. The van der Waals surface area contributed by atoms with Crippen molar-refractivity contribution in [3.63, 3.8) is 0 Å². The molecule has 0 aliphatic carbocycles. The lowest BCUT2D eigenvalue weighted by Gasteiger charge is -2.38. The van der Waals surface area contributed by atoms with Crippen molar-refractivity contribution >= 4 is 16.6 Å². The Morgan fingerprint density at radius 2 is 2.11 bits per heavy atom. The van der Waals surface area contributed by atoms with Gasteiger partial charge in [-0.1, -0.05) is 31.5 Å². The van der Waals surface area contributed by atoms with Crippen molar-refractivity contribution in [1.29, 1.82) is 0 Å². The molecule has 0 unspecified atom stereocenters. The van der Waals surface area contributed by atoms with E-state index in [1.807, 2.05) is 12.1 Å². The molecule has 18 heavy (non-hydrogen) atoms. The highest BCUT2D eigenvalue weighted by atomic mass is 16.3. The number of nitrogens with zero attached hydrogens (tertiary/aromatic N) is 2. The standard InChI is InChI=1S/C15H18N2O/c1-2-5-11-8-15(17-9-12(18)10-17)13-6-3-4-7-14(13)16-11/h3-4,6-8,12,18H,2,5,9-10H2,1H3. The van der Waals surface area contributed by atoms with E-state index in [9.17, 15) is 5.11 Å². The molecule has 2 heterocycles. The van der Waals surface area contributed by atoms with Crippen LogP contribution in [0.15, 0.2) is 30.3 Å². The highest BCUT2D eigenvalue weighted by Gasteiger charge is 2.26.